The number of anilines is 1. The monoisotopic (exact) mass is 329 g/mol. The number of nitrogens with one attached hydrogen (secondary N) is 1. The summed E-state index contributed by atoms with van der Waals surface area (Å²) in [4.78, 5) is 12.9. The lowest BCUT2D eigenvalue weighted by molar-refractivity contribution is -0.386. The molecule has 0 aliphatic carbocycles. The Hall–Kier alpha value is -2.47. The van der Waals surface area contributed by atoms with Crippen molar-refractivity contribution in [3.63, 3.8) is 0 Å². The minimum atomic E-state index is -0.821. The van der Waals surface area contributed by atoms with E-state index in [1.54, 1.807) is 6.07 Å². The molecule has 1 atom stereocenters. The van der Waals surface area contributed by atoms with Crippen molar-refractivity contribution in [3.05, 3.63) is 70.0 Å². The molecule has 0 aromatic heterocycles. The Morgan fingerprint density at radius 1 is 1.12 bits per heavy atom. The topological polar surface area (TPSA) is 58.4 Å². The predicted molar refractivity (Wildman–Crippen MR) is 91.5 cm³/mol. The van der Waals surface area contributed by atoms with Gasteiger partial charge in [0, 0.05) is 6.54 Å². The van der Waals surface area contributed by atoms with Crippen LogP contribution in [0.4, 0.5) is 15.8 Å². The second-order valence-corrected chi connectivity index (χ2v) is 6.01. The van der Waals surface area contributed by atoms with Crippen LogP contribution in [-0.4, -0.2) is 29.5 Å². The fourth-order valence-corrected chi connectivity index (χ4v) is 3.15. The van der Waals surface area contributed by atoms with Crippen molar-refractivity contribution < 1.29 is 9.31 Å². The maximum absolute atomic E-state index is 13.9. The van der Waals surface area contributed by atoms with Gasteiger partial charge < -0.3 is 10.2 Å². The highest BCUT2D eigenvalue weighted by molar-refractivity contribution is 5.63. The van der Waals surface area contributed by atoms with E-state index >= 15 is 0 Å². The highest BCUT2D eigenvalue weighted by Crippen LogP contribution is 2.31. The van der Waals surface area contributed by atoms with Crippen LogP contribution in [0.1, 0.15) is 24.4 Å². The number of nitro groups is 1. The van der Waals surface area contributed by atoms with E-state index < -0.39 is 16.4 Å². The molecule has 126 valence electrons. The summed E-state index contributed by atoms with van der Waals surface area (Å²) in [5, 5.41) is 14.4. The molecule has 2 aromatic carbocycles. The first-order valence-electron chi connectivity index (χ1n) is 8.12. The largest absolute Gasteiger partial charge is 0.371 e. The number of nitrogens with zero attached hydrogens (tertiary/aromatic N) is 2. The Labute approximate surface area is 140 Å². The van der Waals surface area contributed by atoms with E-state index in [9.17, 15) is 14.5 Å². The van der Waals surface area contributed by atoms with Crippen molar-refractivity contribution in [2.45, 2.75) is 18.9 Å². The summed E-state index contributed by atoms with van der Waals surface area (Å²) in [6.45, 7) is 2.78. The first-order valence-corrected chi connectivity index (χ1v) is 8.12. The van der Waals surface area contributed by atoms with Crippen LogP contribution in [-0.2, 0) is 0 Å². The van der Waals surface area contributed by atoms with Crippen LogP contribution < -0.4 is 5.32 Å². The third kappa shape index (κ3) is 3.71. The van der Waals surface area contributed by atoms with E-state index in [2.05, 4.69) is 10.2 Å². The van der Waals surface area contributed by atoms with Gasteiger partial charge >= 0.3 is 5.69 Å². The number of rotatable bonds is 6. The Kier molecular flexibility index (Phi) is 5.05. The summed E-state index contributed by atoms with van der Waals surface area (Å²) >= 11 is 0. The van der Waals surface area contributed by atoms with Crippen LogP contribution in [0.3, 0.4) is 0 Å². The number of halogens is 1. The van der Waals surface area contributed by atoms with Crippen molar-refractivity contribution in [2.75, 3.05) is 25.0 Å². The van der Waals surface area contributed by atoms with Gasteiger partial charge in [0.05, 0.1) is 11.0 Å². The first kappa shape index (κ1) is 16.4. The number of hydrogen-bond acceptors (Lipinski definition) is 4. The fourth-order valence-electron chi connectivity index (χ4n) is 3.15. The molecule has 2 aromatic rings. The SMILES string of the molecule is O=[N+]([O-])c1c(F)cccc1NC(CN1CCCC1)c1ccccc1. The molecule has 0 spiro atoms. The van der Waals surface area contributed by atoms with Gasteiger partial charge in [0.25, 0.3) is 0 Å². The summed E-state index contributed by atoms with van der Waals surface area (Å²) in [5.74, 6) is -0.821. The Bertz CT molecular complexity index is 703. The second kappa shape index (κ2) is 7.40. The summed E-state index contributed by atoms with van der Waals surface area (Å²) in [7, 11) is 0. The lowest BCUT2D eigenvalue weighted by Gasteiger charge is -2.25. The molecule has 6 heteroatoms. The van der Waals surface area contributed by atoms with Crippen LogP contribution in [0.5, 0.6) is 0 Å². The van der Waals surface area contributed by atoms with Gasteiger partial charge in [0.15, 0.2) is 0 Å². The molecule has 3 rings (SSSR count). The number of para-hydroxylation sites is 1. The molecule has 1 saturated heterocycles. The Morgan fingerprint density at radius 3 is 2.50 bits per heavy atom. The summed E-state index contributed by atoms with van der Waals surface area (Å²) in [6.07, 6.45) is 2.34. The molecule has 0 radical (unpaired) electrons. The zero-order chi connectivity index (χ0) is 16.9. The molecule has 24 heavy (non-hydrogen) atoms. The lowest BCUT2D eigenvalue weighted by Crippen LogP contribution is -2.29. The zero-order valence-electron chi connectivity index (χ0n) is 13.3. The van der Waals surface area contributed by atoms with E-state index in [0.29, 0.717) is 0 Å². The minimum Gasteiger partial charge on any atom is -0.371 e. The van der Waals surface area contributed by atoms with Gasteiger partial charge in [-0.1, -0.05) is 36.4 Å². The average Bonchev–Trinajstić information content (AvgIpc) is 3.08. The predicted octanol–water partition coefficient (Wildman–Crippen LogP) is 3.98. The van der Waals surface area contributed by atoms with E-state index in [1.165, 1.54) is 18.9 Å². The van der Waals surface area contributed by atoms with Crippen molar-refractivity contribution in [1.82, 2.24) is 4.90 Å². The van der Waals surface area contributed by atoms with Gasteiger partial charge in [-0.05, 0) is 43.6 Å². The van der Waals surface area contributed by atoms with Crippen LogP contribution in [0.15, 0.2) is 48.5 Å². The molecule has 1 aliphatic heterocycles. The Morgan fingerprint density at radius 2 is 1.83 bits per heavy atom. The number of benzene rings is 2. The minimum absolute atomic E-state index is 0.134. The fraction of sp³-hybridized carbons (Fsp3) is 0.333. The van der Waals surface area contributed by atoms with Gasteiger partial charge in [0.2, 0.25) is 5.82 Å². The van der Waals surface area contributed by atoms with Crippen molar-refractivity contribution in [1.29, 1.82) is 0 Å². The van der Waals surface area contributed by atoms with Crippen LogP contribution in [0.2, 0.25) is 0 Å². The highest BCUT2D eigenvalue weighted by atomic mass is 19.1. The summed E-state index contributed by atoms with van der Waals surface area (Å²) in [5.41, 5.74) is 0.746. The molecule has 0 bridgehead atoms. The van der Waals surface area contributed by atoms with E-state index in [-0.39, 0.29) is 11.7 Å². The lowest BCUT2D eigenvalue weighted by atomic mass is 10.1. The number of likely N-dealkylation sites (tertiary alicyclic amines) is 1. The maximum atomic E-state index is 13.9. The Balaban J connectivity index is 1.89. The normalized spacial score (nSPS) is 16.0. The molecular formula is C18H20FN3O2. The van der Waals surface area contributed by atoms with E-state index in [4.69, 9.17) is 0 Å². The number of nitro benzene ring substituents is 1. The molecule has 1 fully saturated rings. The standard InChI is InChI=1S/C18H20FN3O2/c19-15-9-6-10-16(18(15)22(23)24)20-17(13-21-11-4-5-12-21)14-7-2-1-3-8-14/h1-3,6-10,17,20H,4-5,11-13H2. The molecule has 5 nitrogen and oxygen atoms in total. The summed E-state index contributed by atoms with van der Waals surface area (Å²) in [6, 6.07) is 13.8. The van der Waals surface area contributed by atoms with Crippen molar-refractivity contribution >= 4 is 11.4 Å². The molecule has 1 unspecified atom stereocenters. The molecule has 1 heterocycles. The van der Waals surface area contributed by atoms with Crippen LogP contribution >= 0.6 is 0 Å². The van der Waals surface area contributed by atoms with Crippen LogP contribution in [0.25, 0.3) is 0 Å². The van der Waals surface area contributed by atoms with Crippen molar-refractivity contribution in [2.24, 2.45) is 0 Å². The van der Waals surface area contributed by atoms with Gasteiger partial charge in [-0.25, -0.2) is 0 Å². The molecular weight excluding hydrogens is 309 g/mol. The third-order valence-electron chi connectivity index (χ3n) is 4.34. The van der Waals surface area contributed by atoms with Gasteiger partial charge in [-0.15, -0.1) is 0 Å². The third-order valence-corrected chi connectivity index (χ3v) is 4.34. The van der Waals surface area contributed by atoms with Gasteiger partial charge in [0.1, 0.15) is 5.69 Å². The van der Waals surface area contributed by atoms with Gasteiger partial charge in [-0.3, -0.25) is 10.1 Å². The van der Waals surface area contributed by atoms with Crippen molar-refractivity contribution in [3.8, 4) is 0 Å². The molecule has 0 saturated carbocycles. The van der Waals surface area contributed by atoms with Gasteiger partial charge in [-0.2, -0.15) is 4.39 Å². The average molecular weight is 329 g/mol. The molecule has 1 N–H and O–H groups in total. The maximum Gasteiger partial charge on any atom is 0.327 e. The van der Waals surface area contributed by atoms with E-state index in [0.717, 1.165) is 31.3 Å². The highest BCUT2D eigenvalue weighted by Gasteiger charge is 2.24. The van der Waals surface area contributed by atoms with Crippen LogP contribution in [0, 0.1) is 15.9 Å². The molecule has 0 amide bonds. The quantitative estimate of drug-likeness (QED) is 0.643. The zero-order valence-corrected chi connectivity index (χ0v) is 13.3. The molecule has 1 aliphatic rings. The van der Waals surface area contributed by atoms with E-state index in [1.807, 2.05) is 30.3 Å². The number of hydrogen-bond donors (Lipinski definition) is 1. The summed E-state index contributed by atoms with van der Waals surface area (Å²) < 4.78 is 13.9. The second-order valence-electron chi connectivity index (χ2n) is 6.01. The smallest absolute Gasteiger partial charge is 0.327 e. The first-order chi connectivity index (χ1) is 11.6.